The van der Waals surface area contributed by atoms with Crippen molar-refractivity contribution in [3.05, 3.63) is 17.5 Å². The smallest absolute Gasteiger partial charge is 0.315 e. The highest BCUT2D eigenvalue weighted by Gasteiger charge is 2.32. The Morgan fingerprint density at radius 3 is 3.00 bits per heavy atom. The standard InChI is InChI=1S/C17H28N4O3/c1-12(9-17(2)23-7-8-24-17)10-18-16(22)19-14-5-4-6-15-13(14)11-21(3)20-15/h11-12,14H,4-10H2,1-3H3,(H2,18,19,22)/t12-,14+/m0/s1. The zero-order valence-electron chi connectivity index (χ0n) is 14.8. The molecule has 3 rings (SSSR count). The van der Waals surface area contributed by atoms with Crippen LogP contribution in [-0.2, 0) is 22.9 Å². The van der Waals surface area contributed by atoms with Gasteiger partial charge in [-0.05, 0) is 32.1 Å². The zero-order valence-corrected chi connectivity index (χ0v) is 14.8. The highest BCUT2D eigenvalue weighted by Crippen LogP contribution is 2.29. The van der Waals surface area contributed by atoms with Crippen LogP contribution >= 0.6 is 0 Å². The monoisotopic (exact) mass is 336 g/mol. The molecule has 2 atom stereocenters. The first kappa shape index (κ1) is 17.2. The van der Waals surface area contributed by atoms with Crippen molar-refractivity contribution in [2.75, 3.05) is 19.8 Å². The molecule has 0 saturated carbocycles. The number of urea groups is 1. The Kier molecular flexibility index (Phi) is 5.10. The maximum atomic E-state index is 12.2. The second-order valence-electron chi connectivity index (χ2n) is 7.14. The third-order valence-corrected chi connectivity index (χ3v) is 4.75. The van der Waals surface area contributed by atoms with Crippen molar-refractivity contribution in [2.24, 2.45) is 13.0 Å². The van der Waals surface area contributed by atoms with E-state index in [1.54, 1.807) is 0 Å². The van der Waals surface area contributed by atoms with Gasteiger partial charge in [-0.15, -0.1) is 0 Å². The fourth-order valence-corrected chi connectivity index (χ4v) is 3.67. The van der Waals surface area contributed by atoms with E-state index in [9.17, 15) is 4.79 Å². The normalized spacial score (nSPS) is 23.5. The Balaban J connectivity index is 1.46. The van der Waals surface area contributed by atoms with Crippen LogP contribution in [0.25, 0.3) is 0 Å². The van der Waals surface area contributed by atoms with Crippen LogP contribution in [-0.4, -0.2) is 41.4 Å². The first-order chi connectivity index (χ1) is 11.5. The van der Waals surface area contributed by atoms with Crippen molar-refractivity contribution in [2.45, 2.75) is 51.4 Å². The number of aromatic nitrogens is 2. The molecule has 7 nitrogen and oxygen atoms in total. The van der Waals surface area contributed by atoms with E-state index in [2.05, 4.69) is 22.7 Å². The van der Waals surface area contributed by atoms with Crippen molar-refractivity contribution < 1.29 is 14.3 Å². The van der Waals surface area contributed by atoms with Gasteiger partial charge in [0.2, 0.25) is 0 Å². The first-order valence-electron chi connectivity index (χ1n) is 8.80. The molecule has 1 saturated heterocycles. The molecule has 24 heavy (non-hydrogen) atoms. The number of nitrogens with one attached hydrogen (secondary N) is 2. The van der Waals surface area contributed by atoms with Crippen LogP contribution in [0.2, 0.25) is 0 Å². The van der Waals surface area contributed by atoms with Crippen LogP contribution in [0.4, 0.5) is 4.79 Å². The van der Waals surface area contributed by atoms with E-state index in [-0.39, 0.29) is 18.0 Å². The summed E-state index contributed by atoms with van der Waals surface area (Å²) >= 11 is 0. The number of hydrogen-bond donors (Lipinski definition) is 2. The molecule has 0 bridgehead atoms. The van der Waals surface area contributed by atoms with Crippen LogP contribution in [0, 0.1) is 5.92 Å². The molecule has 2 heterocycles. The number of ether oxygens (including phenoxy) is 2. The molecule has 1 aromatic heterocycles. The van der Waals surface area contributed by atoms with Gasteiger partial charge in [0.25, 0.3) is 0 Å². The van der Waals surface area contributed by atoms with Crippen molar-refractivity contribution >= 4 is 6.03 Å². The molecule has 2 N–H and O–H groups in total. The maximum absolute atomic E-state index is 12.2. The fraction of sp³-hybridized carbons (Fsp3) is 0.765. The third-order valence-electron chi connectivity index (χ3n) is 4.75. The number of hydrogen-bond acceptors (Lipinski definition) is 4. The molecule has 1 fully saturated rings. The van der Waals surface area contributed by atoms with Gasteiger partial charge in [0, 0.05) is 31.8 Å². The summed E-state index contributed by atoms with van der Waals surface area (Å²) < 4.78 is 13.1. The summed E-state index contributed by atoms with van der Waals surface area (Å²) in [6, 6.07) is -0.0706. The Morgan fingerprint density at radius 1 is 1.50 bits per heavy atom. The Labute approximate surface area is 143 Å². The molecule has 2 amide bonds. The van der Waals surface area contributed by atoms with Crippen molar-refractivity contribution in [1.82, 2.24) is 20.4 Å². The van der Waals surface area contributed by atoms with E-state index in [0.717, 1.165) is 36.9 Å². The van der Waals surface area contributed by atoms with Gasteiger partial charge in [-0.3, -0.25) is 4.68 Å². The number of rotatable bonds is 5. The highest BCUT2D eigenvalue weighted by molar-refractivity contribution is 5.74. The lowest BCUT2D eigenvalue weighted by molar-refractivity contribution is -0.153. The molecule has 1 aromatic rings. The first-order valence-corrected chi connectivity index (χ1v) is 8.80. The Morgan fingerprint density at radius 2 is 2.25 bits per heavy atom. The van der Waals surface area contributed by atoms with E-state index in [4.69, 9.17) is 9.47 Å². The predicted octanol–water partition coefficient (Wildman–Crippen LogP) is 1.89. The molecule has 0 aromatic carbocycles. The van der Waals surface area contributed by atoms with E-state index >= 15 is 0 Å². The van der Waals surface area contributed by atoms with Crippen molar-refractivity contribution in [3.8, 4) is 0 Å². The fourth-order valence-electron chi connectivity index (χ4n) is 3.67. The molecular weight excluding hydrogens is 308 g/mol. The lowest BCUT2D eigenvalue weighted by atomic mass is 9.93. The van der Waals surface area contributed by atoms with Gasteiger partial charge in [-0.2, -0.15) is 5.10 Å². The molecule has 0 unspecified atom stereocenters. The van der Waals surface area contributed by atoms with Gasteiger partial charge in [0.05, 0.1) is 24.9 Å². The molecular formula is C17H28N4O3. The van der Waals surface area contributed by atoms with Crippen LogP contribution in [0.15, 0.2) is 6.20 Å². The lowest BCUT2D eigenvalue weighted by Crippen LogP contribution is -2.41. The molecule has 0 spiro atoms. The van der Waals surface area contributed by atoms with Crippen molar-refractivity contribution in [1.29, 1.82) is 0 Å². The number of carbonyl (C=O) groups excluding carboxylic acids is 1. The average molecular weight is 336 g/mol. The summed E-state index contributed by atoms with van der Waals surface area (Å²) in [5, 5.41) is 10.5. The summed E-state index contributed by atoms with van der Waals surface area (Å²) in [7, 11) is 1.92. The highest BCUT2D eigenvalue weighted by atomic mass is 16.7. The van der Waals surface area contributed by atoms with Gasteiger partial charge >= 0.3 is 6.03 Å². The van der Waals surface area contributed by atoms with Crippen LogP contribution in [0.3, 0.4) is 0 Å². The molecule has 2 aliphatic rings. The minimum atomic E-state index is -0.508. The average Bonchev–Trinajstić information content (AvgIpc) is 3.11. The Hall–Kier alpha value is -1.60. The molecule has 1 aliphatic carbocycles. The lowest BCUT2D eigenvalue weighted by Gasteiger charge is -2.27. The topological polar surface area (TPSA) is 77.4 Å². The van der Waals surface area contributed by atoms with Gasteiger partial charge in [0.15, 0.2) is 5.79 Å². The van der Waals surface area contributed by atoms with Gasteiger partial charge in [0.1, 0.15) is 0 Å². The van der Waals surface area contributed by atoms with Gasteiger partial charge < -0.3 is 20.1 Å². The quantitative estimate of drug-likeness (QED) is 0.861. The van der Waals surface area contributed by atoms with E-state index in [1.807, 2.05) is 24.9 Å². The molecule has 134 valence electrons. The number of aryl methyl sites for hydroxylation is 2. The number of fused-ring (bicyclic) bond motifs is 1. The maximum Gasteiger partial charge on any atom is 0.315 e. The van der Waals surface area contributed by atoms with Crippen molar-refractivity contribution in [3.63, 3.8) is 0 Å². The summed E-state index contributed by atoms with van der Waals surface area (Å²) in [5.41, 5.74) is 2.25. The van der Waals surface area contributed by atoms with Crippen LogP contribution in [0.1, 0.15) is 50.4 Å². The summed E-state index contributed by atoms with van der Waals surface area (Å²) in [6.45, 7) is 5.94. The third kappa shape index (κ3) is 4.08. The molecule has 0 radical (unpaired) electrons. The van der Waals surface area contributed by atoms with Crippen LogP contribution in [0.5, 0.6) is 0 Å². The van der Waals surface area contributed by atoms with E-state index in [1.165, 1.54) is 0 Å². The van der Waals surface area contributed by atoms with E-state index in [0.29, 0.717) is 19.8 Å². The van der Waals surface area contributed by atoms with Gasteiger partial charge in [-0.25, -0.2) is 4.79 Å². The second kappa shape index (κ2) is 7.11. The number of amides is 2. The predicted molar refractivity (Wildman–Crippen MR) is 89.5 cm³/mol. The number of carbonyl (C=O) groups is 1. The summed E-state index contributed by atoms with van der Waals surface area (Å²) in [5.74, 6) is -0.231. The van der Waals surface area contributed by atoms with E-state index < -0.39 is 5.79 Å². The molecule has 1 aliphatic heterocycles. The summed E-state index contributed by atoms with van der Waals surface area (Å²) in [6.07, 6.45) is 5.78. The second-order valence-corrected chi connectivity index (χ2v) is 7.14. The minimum absolute atomic E-state index is 0.0526. The SMILES string of the molecule is C[C@H](CNC(=O)N[C@@H]1CCCc2nn(C)cc21)CC1(C)OCCO1. The minimum Gasteiger partial charge on any atom is -0.348 e. The summed E-state index contributed by atoms with van der Waals surface area (Å²) in [4.78, 5) is 12.2. The Bertz CT molecular complexity index is 580. The van der Waals surface area contributed by atoms with Gasteiger partial charge in [-0.1, -0.05) is 6.92 Å². The molecule has 7 heteroatoms. The largest absolute Gasteiger partial charge is 0.348 e. The van der Waals surface area contributed by atoms with Crippen LogP contribution < -0.4 is 10.6 Å². The number of nitrogens with zero attached hydrogens (tertiary/aromatic N) is 2. The zero-order chi connectivity index (χ0) is 17.2.